The molecule has 10 heteroatoms. The van der Waals surface area contributed by atoms with Gasteiger partial charge in [0.25, 0.3) is 5.91 Å². The summed E-state index contributed by atoms with van der Waals surface area (Å²) in [7, 11) is 1.61. The van der Waals surface area contributed by atoms with Crippen LogP contribution in [-0.4, -0.2) is 65.3 Å². The Labute approximate surface area is 178 Å². The van der Waals surface area contributed by atoms with Crippen LogP contribution in [0, 0.1) is 0 Å². The molecule has 0 saturated carbocycles. The molecule has 0 saturated heterocycles. The van der Waals surface area contributed by atoms with Crippen molar-refractivity contribution in [3.63, 3.8) is 0 Å². The van der Waals surface area contributed by atoms with Crippen LogP contribution in [0.15, 0.2) is 35.5 Å². The first-order valence-corrected chi connectivity index (χ1v) is 10.1. The highest BCUT2D eigenvalue weighted by molar-refractivity contribution is 6.03. The van der Waals surface area contributed by atoms with Gasteiger partial charge in [-0.25, -0.2) is 4.79 Å². The van der Waals surface area contributed by atoms with E-state index in [-0.39, 0.29) is 30.1 Å². The number of alkyl halides is 3. The summed E-state index contributed by atoms with van der Waals surface area (Å²) < 4.78 is 40.9. The first-order valence-electron chi connectivity index (χ1n) is 10.1. The van der Waals surface area contributed by atoms with E-state index in [9.17, 15) is 27.6 Å². The number of rotatable bonds is 5. The molecule has 0 aliphatic carbocycles. The molecule has 1 N–H and O–H groups in total. The van der Waals surface area contributed by atoms with Crippen molar-refractivity contribution in [1.82, 2.24) is 20.0 Å². The van der Waals surface area contributed by atoms with E-state index in [2.05, 4.69) is 5.32 Å². The number of carbonyl (C=O) groups excluding carboxylic acids is 3. The van der Waals surface area contributed by atoms with Crippen molar-refractivity contribution >= 4 is 17.8 Å². The van der Waals surface area contributed by atoms with Gasteiger partial charge in [-0.05, 0) is 32.4 Å². The van der Waals surface area contributed by atoms with Crippen LogP contribution in [0.4, 0.5) is 18.0 Å². The summed E-state index contributed by atoms with van der Waals surface area (Å²) in [4.78, 5) is 42.8. The molecule has 0 fully saturated rings. The van der Waals surface area contributed by atoms with Gasteiger partial charge in [0.1, 0.15) is 6.04 Å². The Balaban J connectivity index is 2.08. The number of benzene rings is 1. The smallest absolute Gasteiger partial charge is 0.344 e. The molecule has 2 aliphatic rings. The van der Waals surface area contributed by atoms with Crippen molar-refractivity contribution in [2.45, 2.75) is 39.0 Å². The molecule has 0 aromatic heterocycles. The summed E-state index contributed by atoms with van der Waals surface area (Å²) in [6.45, 7) is 5.74. The molecule has 2 heterocycles. The van der Waals surface area contributed by atoms with E-state index in [1.807, 2.05) is 0 Å². The van der Waals surface area contributed by atoms with Crippen molar-refractivity contribution in [3.8, 4) is 0 Å². The van der Waals surface area contributed by atoms with Crippen LogP contribution in [0.2, 0.25) is 0 Å². The lowest BCUT2D eigenvalue weighted by atomic mass is 9.91. The van der Waals surface area contributed by atoms with Gasteiger partial charge in [-0.3, -0.25) is 14.5 Å². The molecular formula is C21H25F3N4O3. The predicted molar refractivity (Wildman–Crippen MR) is 107 cm³/mol. The van der Waals surface area contributed by atoms with Gasteiger partial charge in [-0.15, -0.1) is 0 Å². The monoisotopic (exact) mass is 438 g/mol. The molecule has 0 bridgehead atoms. The van der Waals surface area contributed by atoms with Crippen LogP contribution in [0.3, 0.4) is 0 Å². The summed E-state index contributed by atoms with van der Waals surface area (Å²) in [6.07, 6.45) is -4.65. The molecule has 0 radical (unpaired) electrons. The van der Waals surface area contributed by atoms with E-state index in [0.717, 1.165) is 6.07 Å². The van der Waals surface area contributed by atoms with Gasteiger partial charge in [0.05, 0.1) is 29.4 Å². The van der Waals surface area contributed by atoms with Gasteiger partial charge in [0.15, 0.2) is 0 Å². The Morgan fingerprint density at radius 1 is 1.26 bits per heavy atom. The van der Waals surface area contributed by atoms with E-state index >= 15 is 0 Å². The average Bonchev–Trinajstić information content (AvgIpc) is 3.07. The van der Waals surface area contributed by atoms with Gasteiger partial charge >= 0.3 is 12.2 Å². The number of amides is 4. The number of hydrogen-bond acceptors (Lipinski definition) is 3. The van der Waals surface area contributed by atoms with Crippen LogP contribution in [-0.2, 0) is 15.8 Å². The van der Waals surface area contributed by atoms with Crippen molar-refractivity contribution in [2.75, 3.05) is 26.7 Å². The molecule has 2 aliphatic heterocycles. The van der Waals surface area contributed by atoms with E-state index in [4.69, 9.17) is 0 Å². The maximum Gasteiger partial charge on any atom is 0.416 e. The van der Waals surface area contributed by atoms with E-state index in [0.29, 0.717) is 12.2 Å². The standard InChI is InChI=1S/C21H25F3N4O3/c1-5-26(4)18(29)12(3)28-11-15-16(19(28)30)17(25-20(31)27(15)6-2)13-9-7-8-10-14(13)21(22,23)24/h7-10,12,17H,5-6,11H2,1-4H3,(H,25,31)/t12-,17-/m0/s1. The molecule has 7 nitrogen and oxygen atoms in total. The minimum Gasteiger partial charge on any atom is -0.344 e. The van der Waals surface area contributed by atoms with Crippen molar-refractivity contribution < 1.29 is 27.6 Å². The molecule has 168 valence electrons. The second-order valence-electron chi connectivity index (χ2n) is 7.53. The van der Waals surface area contributed by atoms with Crippen LogP contribution in [0.25, 0.3) is 0 Å². The minimum absolute atomic E-state index is 0.0232. The zero-order valence-electron chi connectivity index (χ0n) is 17.8. The third-order valence-electron chi connectivity index (χ3n) is 5.82. The molecule has 1 aromatic rings. The molecular weight excluding hydrogens is 413 g/mol. The third kappa shape index (κ3) is 3.86. The normalized spacial score (nSPS) is 20.0. The number of likely N-dealkylation sites (N-methyl/N-ethyl adjacent to an activating group) is 2. The second-order valence-corrected chi connectivity index (χ2v) is 7.53. The van der Waals surface area contributed by atoms with Crippen LogP contribution in [0.1, 0.15) is 37.9 Å². The average molecular weight is 438 g/mol. The quantitative estimate of drug-likeness (QED) is 0.769. The fourth-order valence-corrected chi connectivity index (χ4v) is 4.01. The van der Waals surface area contributed by atoms with Gasteiger partial charge in [0.2, 0.25) is 5.91 Å². The van der Waals surface area contributed by atoms with Gasteiger partial charge in [-0.1, -0.05) is 18.2 Å². The molecule has 2 atom stereocenters. The summed E-state index contributed by atoms with van der Waals surface area (Å²) in [5.74, 6) is -0.842. The highest BCUT2D eigenvalue weighted by Crippen LogP contribution is 2.41. The van der Waals surface area contributed by atoms with E-state index < -0.39 is 35.8 Å². The van der Waals surface area contributed by atoms with E-state index in [1.165, 1.54) is 32.9 Å². The van der Waals surface area contributed by atoms with Gasteiger partial charge < -0.3 is 15.1 Å². The summed E-state index contributed by atoms with van der Waals surface area (Å²) in [6, 6.07) is 2.21. The number of carbonyl (C=O) groups is 3. The topological polar surface area (TPSA) is 73.0 Å². The second kappa shape index (κ2) is 8.24. The molecule has 3 rings (SSSR count). The zero-order chi connectivity index (χ0) is 23.1. The number of hydrogen-bond donors (Lipinski definition) is 1. The Bertz CT molecular complexity index is 944. The first kappa shape index (κ1) is 22.6. The molecule has 1 aromatic carbocycles. The lowest BCUT2D eigenvalue weighted by Gasteiger charge is -2.33. The fourth-order valence-electron chi connectivity index (χ4n) is 4.01. The lowest BCUT2D eigenvalue weighted by molar-refractivity contribution is -0.141. The predicted octanol–water partition coefficient (Wildman–Crippen LogP) is 2.75. The zero-order valence-corrected chi connectivity index (χ0v) is 17.8. The lowest BCUT2D eigenvalue weighted by Crippen LogP contribution is -2.47. The summed E-state index contributed by atoms with van der Waals surface area (Å²) >= 11 is 0. The SMILES string of the molecule is CCN(C)C(=O)[C@H](C)N1CC2=C(C1=O)[C@H](c1ccccc1C(F)(F)F)NC(=O)N2CC. The number of urea groups is 1. The third-order valence-corrected chi connectivity index (χ3v) is 5.82. The molecule has 0 unspecified atom stereocenters. The Morgan fingerprint density at radius 2 is 1.90 bits per heavy atom. The Kier molecular flexibility index (Phi) is 6.02. The largest absolute Gasteiger partial charge is 0.416 e. The molecule has 31 heavy (non-hydrogen) atoms. The Morgan fingerprint density at radius 3 is 2.48 bits per heavy atom. The highest BCUT2D eigenvalue weighted by atomic mass is 19.4. The Hall–Kier alpha value is -3.04. The van der Waals surface area contributed by atoms with E-state index in [1.54, 1.807) is 27.8 Å². The van der Waals surface area contributed by atoms with Crippen molar-refractivity contribution in [1.29, 1.82) is 0 Å². The van der Waals surface area contributed by atoms with Crippen LogP contribution >= 0.6 is 0 Å². The maximum absolute atomic E-state index is 13.6. The highest BCUT2D eigenvalue weighted by Gasteiger charge is 2.48. The van der Waals surface area contributed by atoms with Crippen LogP contribution < -0.4 is 5.32 Å². The number of nitrogens with zero attached hydrogens (tertiary/aromatic N) is 3. The first-order chi connectivity index (χ1) is 14.5. The molecule has 4 amide bonds. The van der Waals surface area contributed by atoms with Crippen molar-refractivity contribution in [2.24, 2.45) is 0 Å². The van der Waals surface area contributed by atoms with Crippen LogP contribution in [0.5, 0.6) is 0 Å². The molecule has 0 spiro atoms. The summed E-state index contributed by atoms with van der Waals surface area (Å²) in [5.41, 5.74) is -0.723. The van der Waals surface area contributed by atoms with Gasteiger partial charge in [-0.2, -0.15) is 13.2 Å². The van der Waals surface area contributed by atoms with Gasteiger partial charge in [0, 0.05) is 20.1 Å². The fraction of sp³-hybridized carbons (Fsp3) is 0.476. The minimum atomic E-state index is -4.65. The number of halogens is 3. The number of nitrogens with one attached hydrogen (secondary N) is 1. The van der Waals surface area contributed by atoms with Crippen molar-refractivity contribution in [3.05, 3.63) is 46.7 Å². The summed E-state index contributed by atoms with van der Waals surface area (Å²) in [5, 5.41) is 2.56. The maximum atomic E-state index is 13.6.